The monoisotopic (exact) mass is 282 g/mol. The van der Waals surface area contributed by atoms with Crippen LogP contribution in [0.2, 0.25) is 0 Å². The van der Waals surface area contributed by atoms with E-state index in [-0.39, 0.29) is 5.91 Å². The quantitative estimate of drug-likeness (QED) is 0.936. The SMILES string of the molecule is O=C1CN(Cc2ccccc2Oc2ccccc2)CCN1. The molecule has 0 bridgehead atoms. The zero-order valence-electron chi connectivity index (χ0n) is 11.8. The third-order valence-corrected chi connectivity index (χ3v) is 3.45. The van der Waals surface area contributed by atoms with Gasteiger partial charge in [0.15, 0.2) is 0 Å². The van der Waals surface area contributed by atoms with E-state index in [2.05, 4.69) is 10.2 Å². The summed E-state index contributed by atoms with van der Waals surface area (Å²) in [5.74, 6) is 1.75. The van der Waals surface area contributed by atoms with Crippen molar-refractivity contribution < 1.29 is 9.53 Å². The van der Waals surface area contributed by atoms with E-state index in [1.54, 1.807) is 0 Å². The number of benzene rings is 2. The fourth-order valence-corrected chi connectivity index (χ4v) is 2.42. The van der Waals surface area contributed by atoms with Crippen LogP contribution in [-0.4, -0.2) is 30.4 Å². The van der Waals surface area contributed by atoms with Gasteiger partial charge in [0, 0.05) is 25.2 Å². The Morgan fingerprint density at radius 3 is 2.62 bits per heavy atom. The molecule has 4 nitrogen and oxygen atoms in total. The molecule has 0 spiro atoms. The highest BCUT2D eigenvalue weighted by Crippen LogP contribution is 2.26. The summed E-state index contributed by atoms with van der Waals surface area (Å²) in [6, 6.07) is 17.7. The number of amides is 1. The van der Waals surface area contributed by atoms with E-state index in [0.717, 1.165) is 30.2 Å². The molecule has 3 rings (SSSR count). The summed E-state index contributed by atoms with van der Waals surface area (Å²) in [5, 5.41) is 2.84. The molecular weight excluding hydrogens is 264 g/mol. The Morgan fingerprint density at radius 2 is 1.81 bits per heavy atom. The van der Waals surface area contributed by atoms with Crippen LogP contribution >= 0.6 is 0 Å². The highest BCUT2D eigenvalue weighted by Gasteiger charge is 2.17. The van der Waals surface area contributed by atoms with Gasteiger partial charge in [-0.15, -0.1) is 0 Å². The van der Waals surface area contributed by atoms with Crippen LogP contribution in [-0.2, 0) is 11.3 Å². The van der Waals surface area contributed by atoms with Gasteiger partial charge >= 0.3 is 0 Å². The standard InChI is InChI=1S/C17H18N2O2/c20-17-13-19(11-10-18-17)12-14-6-4-5-9-16(14)21-15-7-2-1-3-8-15/h1-9H,10-13H2,(H,18,20). The molecule has 1 amide bonds. The van der Waals surface area contributed by atoms with Gasteiger partial charge in [0.05, 0.1) is 6.54 Å². The van der Waals surface area contributed by atoms with Crippen LogP contribution in [0.1, 0.15) is 5.56 Å². The Kier molecular flexibility index (Phi) is 4.17. The largest absolute Gasteiger partial charge is 0.457 e. The minimum absolute atomic E-state index is 0.0858. The van der Waals surface area contributed by atoms with Crippen molar-refractivity contribution in [2.45, 2.75) is 6.54 Å². The summed E-state index contributed by atoms with van der Waals surface area (Å²) in [7, 11) is 0. The van der Waals surface area contributed by atoms with Crippen LogP contribution in [0.25, 0.3) is 0 Å². The van der Waals surface area contributed by atoms with Gasteiger partial charge in [-0.25, -0.2) is 0 Å². The van der Waals surface area contributed by atoms with Crippen molar-refractivity contribution in [3.63, 3.8) is 0 Å². The molecule has 4 heteroatoms. The van der Waals surface area contributed by atoms with Gasteiger partial charge in [0.1, 0.15) is 11.5 Å². The molecule has 1 fully saturated rings. The molecule has 1 saturated heterocycles. The summed E-state index contributed by atoms with van der Waals surface area (Å²) in [6.07, 6.45) is 0. The van der Waals surface area contributed by atoms with Crippen molar-refractivity contribution >= 4 is 5.91 Å². The average molecular weight is 282 g/mol. The van der Waals surface area contributed by atoms with Gasteiger partial charge in [-0.2, -0.15) is 0 Å². The lowest BCUT2D eigenvalue weighted by atomic mass is 10.1. The number of carbonyl (C=O) groups excluding carboxylic acids is 1. The number of piperazine rings is 1. The molecule has 0 unspecified atom stereocenters. The van der Waals surface area contributed by atoms with Crippen molar-refractivity contribution in [2.24, 2.45) is 0 Å². The van der Waals surface area contributed by atoms with Crippen LogP contribution in [0.4, 0.5) is 0 Å². The Hall–Kier alpha value is -2.33. The van der Waals surface area contributed by atoms with Gasteiger partial charge in [-0.3, -0.25) is 9.69 Å². The van der Waals surface area contributed by atoms with E-state index in [0.29, 0.717) is 13.1 Å². The molecule has 2 aromatic rings. The predicted molar refractivity (Wildman–Crippen MR) is 81.2 cm³/mol. The first-order valence-corrected chi connectivity index (χ1v) is 7.11. The summed E-state index contributed by atoms with van der Waals surface area (Å²) in [6.45, 7) is 2.74. The second kappa shape index (κ2) is 6.41. The van der Waals surface area contributed by atoms with Gasteiger partial charge in [-0.05, 0) is 18.2 Å². The molecule has 0 radical (unpaired) electrons. The number of carbonyl (C=O) groups is 1. The van der Waals surface area contributed by atoms with Gasteiger partial charge in [0.25, 0.3) is 0 Å². The van der Waals surface area contributed by atoms with Gasteiger partial charge in [-0.1, -0.05) is 36.4 Å². The molecule has 0 saturated carbocycles. The molecule has 0 aliphatic carbocycles. The highest BCUT2D eigenvalue weighted by atomic mass is 16.5. The molecule has 1 N–H and O–H groups in total. The third kappa shape index (κ3) is 3.61. The van der Waals surface area contributed by atoms with Crippen molar-refractivity contribution in [1.29, 1.82) is 0 Å². The van der Waals surface area contributed by atoms with E-state index in [4.69, 9.17) is 4.74 Å². The minimum Gasteiger partial charge on any atom is -0.457 e. The molecule has 1 heterocycles. The number of para-hydroxylation sites is 2. The summed E-state index contributed by atoms with van der Waals surface area (Å²) in [5.41, 5.74) is 1.09. The van der Waals surface area contributed by atoms with Crippen molar-refractivity contribution in [3.05, 3.63) is 60.2 Å². The predicted octanol–water partition coefficient (Wildman–Crippen LogP) is 2.41. The number of nitrogens with zero attached hydrogens (tertiary/aromatic N) is 1. The molecular formula is C17H18N2O2. The lowest BCUT2D eigenvalue weighted by Crippen LogP contribution is -2.47. The Morgan fingerprint density at radius 1 is 1.05 bits per heavy atom. The van der Waals surface area contributed by atoms with Crippen molar-refractivity contribution in [1.82, 2.24) is 10.2 Å². The average Bonchev–Trinajstić information content (AvgIpc) is 2.50. The fraction of sp³-hybridized carbons (Fsp3) is 0.235. The first kappa shape index (κ1) is 13.6. The smallest absolute Gasteiger partial charge is 0.234 e. The second-order valence-electron chi connectivity index (χ2n) is 5.08. The highest BCUT2D eigenvalue weighted by molar-refractivity contribution is 5.78. The Labute approximate surface area is 124 Å². The molecule has 1 aliphatic rings. The molecule has 108 valence electrons. The number of nitrogens with one attached hydrogen (secondary N) is 1. The first-order valence-electron chi connectivity index (χ1n) is 7.11. The fourth-order valence-electron chi connectivity index (χ4n) is 2.42. The summed E-state index contributed by atoms with van der Waals surface area (Å²) in [4.78, 5) is 13.6. The van der Waals surface area contributed by atoms with E-state index < -0.39 is 0 Å². The molecule has 21 heavy (non-hydrogen) atoms. The number of rotatable bonds is 4. The molecule has 0 aromatic heterocycles. The van der Waals surface area contributed by atoms with Gasteiger partial charge in [0.2, 0.25) is 5.91 Å². The zero-order valence-corrected chi connectivity index (χ0v) is 11.8. The number of ether oxygens (including phenoxy) is 1. The molecule has 0 atom stereocenters. The zero-order chi connectivity index (χ0) is 14.5. The normalized spacial score (nSPS) is 15.5. The van der Waals surface area contributed by atoms with Crippen LogP contribution in [0.3, 0.4) is 0 Å². The summed E-state index contributed by atoms with van der Waals surface area (Å²) < 4.78 is 5.95. The van der Waals surface area contributed by atoms with E-state index in [9.17, 15) is 4.79 Å². The third-order valence-electron chi connectivity index (χ3n) is 3.45. The van der Waals surface area contributed by atoms with E-state index in [1.807, 2.05) is 54.6 Å². The maximum Gasteiger partial charge on any atom is 0.234 e. The van der Waals surface area contributed by atoms with Crippen molar-refractivity contribution in [3.8, 4) is 11.5 Å². The van der Waals surface area contributed by atoms with Crippen LogP contribution < -0.4 is 10.1 Å². The maximum absolute atomic E-state index is 11.5. The number of hydrogen-bond donors (Lipinski definition) is 1. The molecule has 1 aliphatic heterocycles. The van der Waals surface area contributed by atoms with Crippen LogP contribution in [0.5, 0.6) is 11.5 Å². The molecule has 2 aromatic carbocycles. The summed E-state index contributed by atoms with van der Waals surface area (Å²) >= 11 is 0. The Bertz CT molecular complexity index is 613. The minimum atomic E-state index is 0.0858. The van der Waals surface area contributed by atoms with E-state index >= 15 is 0 Å². The maximum atomic E-state index is 11.5. The van der Waals surface area contributed by atoms with E-state index in [1.165, 1.54) is 0 Å². The van der Waals surface area contributed by atoms with Crippen LogP contribution in [0, 0.1) is 0 Å². The Balaban J connectivity index is 1.74. The lowest BCUT2D eigenvalue weighted by molar-refractivity contribution is -0.124. The first-order chi connectivity index (χ1) is 10.3. The van der Waals surface area contributed by atoms with Crippen molar-refractivity contribution in [2.75, 3.05) is 19.6 Å². The second-order valence-corrected chi connectivity index (χ2v) is 5.08. The number of hydrogen-bond acceptors (Lipinski definition) is 3. The lowest BCUT2D eigenvalue weighted by Gasteiger charge is -2.27. The van der Waals surface area contributed by atoms with Gasteiger partial charge < -0.3 is 10.1 Å². The topological polar surface area (TPSA) is 41.6 Å². The van der Waals surface area contributed by atoms with Crippen LogP contribution in [0.15, 0.2) is 54.6 Å².